The van der Waals surface area contributed by atoms with Gasteiger partial charge in [0.2, 0.25) is 0 Å². The Morgan fingerprint density at radius 3 is 2.40 bits per heavy atom. The molecule has 2 aromatic rings. The van der Waals surface area contributed by atoms with Gasteiger partial charge in [-0.25, -0.2) is 0 Å². The predicted octanol–water partition coefficient (Wildman–Crippen LogP) is 4.06. The summed E-state index contributed by atoms with van der Waals surface area (Å²) in [6.07, 6.45) is -0.664. The minimum absolute atomic E-state index is 0.262. The van der Waals surface area contributed by atoms with Crippen molar-refractivity contribution in [3.63, 3.8) is 0 Å². The largest absolute Gasteiger partial charge is 0.497 e. The summed E-state index contributed by atoms with van der Waals surface area (Å²) in [6.45, 7) is 7.77. The lowest BCUT2D eigenvalue weighted by Crippen LogP contribution is -2.30. The smallest absolute Gasteiger partial charge is 0.265 e. The summed E-state index contributed by atoms with van der Waals surface area (Å²) in [4.78, 5) is 12.4. The highest BCUT2D eigenvalue weighted by molar-refractivity contribution is 5.95. The molecule has 132 valence electrons. The number of rotatable bonds is 8. The van der Waals surface area contributed by atoms with Gasteiger partial charge in [-0.15, -0.1) is 0 Å². The van der Waals surface area contributed by atoms with E-state index in [0.29, 0.717) is 23.8 Å². The van der Waals surface area contributed by atoms with Gasteiger partial charge in [-0.05, 0) is 55.8 Å². The summed E-state index contributed by atoms with van der Waals surface area (Å²) in [7, 11) is 1.60. The van der Waals surface area contributed by atoms with Gasteiger partial charge in [0.15, 0.2) is 6.10 Å². The van der Waals surface area contributed by atoms with Crippen molar-refractivity contribution in [2.75, 3.05) is 19.0 Å². The normalized spacial score (nSPS) is 11.3. The van der Waals surface area contributed by atoms with Gasteiger partial charge in [0.1, 0.15) is 23.9 Å². The fourth-order valence-electron chi connectivity index (χ4n) is 2.04. The molecule has 1 unspecified atom stereocenters. The van der Waals surface area contributed by atoms with Crippen LogP contribution in [0.15, 0.2) is 60.7 Å². The first-order valence-corrected chi connectivity index (χ1v) is 7.97. The number of para-hydroxylation sites is 2. The van der Waals surface area contributed by atoms with Crippen molar-refractivity contribution >= 4 is 11.6 Å². The molecule has 0 aliphatic rings. The maximum Gasteiger partial charge on any atom is 0.265 e. The summed E-state index contributed by atoms with van der Waals surface area (Å²) in [5, 5.41) is 2.83. The van der Waals surface area contributed by atoms with Crippen molar-refractivity contribution in [2.24, 2.45) is 0 Å². The van der Waals surface area contributed by atoms with Crippen LogP contribution < -0.4 is 19.5 Å². The van der Waals surface area contributed by atoms with Crippen LogP contribution in [-0.2, 0) is 4.79 Å². The highest BCUT2D eigenvalue weighted by Crippen LogP contribution is 2.25. The van der Waals surface area contributed by atoms with Gasteiger partial charge in [0, 0.05) is 0 Å². The molecule has 0 bridgehead atoms. The van der Waals surface area contributed by atoms with E-state index in [9.17, 15) is 4.79 Å². The number of nitrogens with one attached hydrogen (secondary N) is 1. The quantitative estimate of drug-likeness (QED) is 0.736. The van der Waals surface area contributed by atoms with E-state index in [4.69, 9.17) is 14.2 Å². The molecule has 1 amide bonds. The summed E-state index contributed by atoms with van der Waals surface area (Å²) in [6, 6.07) is 14.3. The molecule has 2 aromatic carbocycles. The minimum Gasteiger partial charge on any atom is -0.497 e. The van der Waals surface area contributed by atoms with Crippen molar-refractivity contribution in [3.8, 4) is 17.2 Å². The zero-order valence-electron chi connectivity index (χ0n) is 14.7. The molecule has 0 aliphatic carbocycles. The van der Waals surface area contributed by atoms with Crippen LogP contribution in [0, 0.1) is 0 Å². The molecule has 25 heavy (non-hydrogen) atoms. The van der Waals surface area contributed by atoms with Crippen LogP contribution in [0.4, 0.5) is 5.69 Å². The summed E-state index contributed by atoms with van der Waals surface area (Å²) < 4.78 is 16.4. The summed E-state index contributed by atoms with van der Waals surface area (Å²) >= 11 is 0. The zero-order valence-corrected chi connectivity index (χ0v) is 14.7. The van der Waals surface area contributed by atoms with Crippen molar-refractivity contribution in [1.29, 1.82) is 0 Å². The van der Waals surface area contributed by atoms with E-state index >= 15 is 0 Å². The third-order valence-corrected chi connectivity index (χ3v) is 3.36. The number of carbonyl (C=O) groups is 1. The Hall–Kier alpha value is -2.95. The fraction of sp³-hybridized carbons (Fsp3) is 0.250. The number of carbonyl (C=O) groups excluding carboxylic acids is 1. The molecule has 2 rings (SSSR count). The van der Waals surface area contributed by atoms with Crippen molar-refractivity contribution in [3.05, 3.63) is 60.7 Å². The lowest BCUT2D eigenvalue weighted by Gasteiger charge is -2.17. The van der Waals surface area contributed by atoms with Crippen molar-refractivity contribution < 1.29 is 19.0 Å². The Morgan fingerprint density at radius 2 is 1.76 bits per heavy atom. The molecule has 0 spiro atoms. The van der Waals surface area contributed by atoms with Crippen molar-refractivity contribution in [2.45, 2.75) is 20.0 Å². The Bertz CT molecular complexity index is 725. The maximum atomic E-state index is 12.4. The molecule has 0 heterocycles. The first-order chi connectivity index (χ1) is 12.0. The van der Waals surface area contributed by atoms with E-state index in [1.165, 1.54) is 0 Å². The molecule has 0 aromatic heterocycles. The molecular formula is C20H23NO4. The Kier molecular flexibility index (Phi) is 6.46. The number of anilines is 1. The maximum absolute atomic E-state index is 12.4. The SMILES string of the molecule is C=C(C)COc1ccccc1NC(=O)C(C)Oc1ccc(OC)cc1. The first kappa shape index (κ1) is 18.4. The van der Waals surface area contributed by atoms with Gasteiger partial charge in [-0.2, -0.15) is 0 Å². The monoisotopic (exact) mass is 341 g/mol. The van der Waals surface area contributed by atoms with Crippen LogP contribution >= 0.6 is 0 Å². The minimum atomic E-state index is -0.664. The zero-order chi connectivity index (χ0) is 18.2. The number of ether oxygens (including phenoxy) is 3. The lowest BCUT2D eigenvalue weighted by molar-refractivity contribution is -0.122. The van der Waals surface area contributed by atoms with Gasteiger partial charge in [0.25, 0.3) is 5.91 Å². The molecule has 0 radical (unpaired) electrons. The second-order valence-electron chi connectivity index (χ2n) is 5.67. The van der Waals surface area contributed by atoms with E-state index in [0.717, 1.165) is 11.3 Å². The first-order valence-electron chi connectivity index (χ1n) is 7.97. The van der Waals surface area contributed by atoms with E-state index < -0.39 is 6.10 Å². The molecular weight excluding hydrogens is 318 g/mol. The summed E-state index contributed by atoms with van der Waals surface area (Å²) in [5.74, 6) is 1.65. The number of methoxy groups -OCH3 is 1. The van der Waals surface area contributed by atoms with Crippen molar-refractivity contribution in [1.82, 2.24) is 0 Å². The third-order valence-electron chi connectivity index (χ3n) is 3.36. The van der Waals surface area contributed by atoms with Gasteiger partial charge in [-0.1, -0.05) is 18.7 Å². The van der Waals surface area contributed by atoms with Crippen LogP contribution in [0.3, 0.4) is 0 Å². The van der Waals surface area contributed by atoms with Crippen LogP contribution in [-0.4, -0.2) is 25.7 Å². The highest BCUT2D eigenvalue weighted by Gasteiger charge is 2.16. The molecule has 5 nitrogen and oxygen atoms in total. The highest BCUT2D eigenvalue weighted by atomic mass is 16.5. The molecule has 1 N–H and O–H groups in total. The topological polar surface area (TPSA) is 56.8 Å². The molecule has 1 atom stereocenters. The predicted molar refractivity (Wildman–Crippen MR) is 98.5 cm³/mol. The average molecular weight is 341 g/mol. The Labute approximate surface area is 148 Å². The Balaban J connectivity index is 1.99. The van der Waals surface area contributed by atoms with Crippen LogP contribution in [0.1, 0.15) is 13.8 Å². The lowest BCUT2D eigenvalue weighted by atomic mass is 10.2. The fourth-order valence-corrected chi connectivity index (χ4v) is 2.04. The van der Waals surface area contributed by atoms with Crippen LogP contribution in [0.25, 0.3) is 0 Å². The van der Waals surface area contributed by atoms with Gasteiger partial charge in [0.05, 0.1) is 12.8 Å². The molecule has 0 aliphatic heterocycles. The molecule has 0 saturated carbocycles. The third kappa shape index (κ3) is 5.57. The van der Waals surface area contributed by atoms with Gasteiger partial charge in [-0.3, -0.25) is 4.79 Å². The summed E-state index contributed by atoms with van der Waals surface area (Å²) in [5.41, 5.74) is 1.50. The van der Waals surface area contributed by atoms with E-state index in [2.05, 4.69) is 11.9 Å². The van der Waals surface area contributed by atoms with Crippen LogP contribution in [0.2, 0.25) is 0 Å². The number of benzene rings is 2. The Morgan fingerprint density at radius 1 is 1.12 bits per heavy atom. The van der Waals surface area contributed by atoms with Gasteiger partial charge < -0.3 is 19.5 Å². The molecule has 5 heteroatoms. The molecule has 0 saturated heterocycles. The van der Waals surface area contributed by atoms with E-state index in [1.807, 2.05) is 19.1 Å². The van der Waals surface area contributed by atoms with E-state index in [-0.39, 0.29) is 5.91 Å². The van der Waals surface area contributed by atoms with Gasteiger partial charge >= 0.3 is 0 Å². The number of hydrogen-bond donors (Lipinski definition) is 1. The van der Waals surface area contributed by atoms with E-state index in [1.54, 1.807) is 50.4 Å². The number of amides is 1. The molecule has 0 fully saturated rings. The second-order valence-corrected chi connectivity index (χ2v) is 5.67. The van der Waals surface area contributed by atoms with Crippen LogP contribution in [0.5, 0.6) is 17.2 Å². The number of hydrogen-bond acceptors (Lipinski definition) is 4. The average Bonchev–Trinajstić information content (AvgIpc) is 2.61. The second kappa shape index (κ2) is 8.78. The standard InChI is InChI=1S/C20H23NO4/c1-14(2)13-24-19-8-6-5-7-18(19)21-20(22)15(3)25-17-11-9-16(23-4)10-12-17/h5-12,15H,1,13H2,2-4H3,(H,21,22).